The lowest BCUT2D eigenvalue weighted by Gasteiger charge is -2.32. The molecule has 124 valence electrons. The maximum atomic E-state index is 13.9. The first kappa shape index (κ1) is 16.4. The highest BCUT2D eigenvalue weighted by Crippen LogP contribution is 2.22. The van der Waals surface area contributed by atoms with Gasteiger partial charge in [0.25, 0.3) is 0 Å². The van der Waals surface area contributed by atoms with Crippen LogP contribution in [0, 0.1) is 5.82 Å². The van der Waals surface area contributed by atoms with E-state index in [0.29, 0.717) is 23.2 Å². The smallest absolute Gasteiger partial charge is 0.146 e. The molecule has 0 aliphatic carbocycles. The average Bonchev–Trinajstić information content (AvgIpc) is 2.95. The first-order chi connectivity index (χ1) is 11.1. The number of nitrogens with zero attached hydrogens (tertiary/aromatic N) is 4. The lowest BCUT2D eigenvalue weighted by atomic mass is 10.0. The minimum absolute atomic E-state index is 0.222. The van der Waals surface area contributed by atoms with Crippen LogP contribution in [0.1, 0.15) is 24.2 Å². The summed E-state index contributed by atoms with van der Waals surface area (Å²) in [5.74, 6) is 0.714. The molecule has 0 unspecified atom stereocenters. The zero-order valence-corrected chi connectivity index (χ0v) is 13.9. The van der Waals surface area contributed by atoms with Crippen LogP contribution in [-0.2, 0) is 20.1 Å². The Balaban J connectivity index is 1.48. The van der Waals surface area contributed by atoms with Crippen molar-refractivity contribution in [3.63, 3.8) is 0 Å². The maximum Gasteiger partial charge on any atom is 0.146 e. The molecule has 2 aromatic rings. The standard InChI is InChI=1S/C16H21ClFN5/c1-22-11-20-21-16(22)9-19-12-5-7-23(8-6-12)10-13-14(17)3-2-4-15(13)18/h2-4,11-12,19H,5-10H2,1H3. The third-order valence-electron chi connectivity index (χ3n) is 4.38. The van der Waals surface area contributed by atoms with E-state index in [2.05, 4.69) is 20.4 Å². The number of hydrogen-bond donors (Lipinski definition) is 1. The fourth-order valence-corrected chi connectivity index (χ4v) is 3.13. The first-order valence-electron chi connectivity index (χ1n) is 7.85. The van der Waals surface area contributed by atoms with Crippen molar-refractivity contribution >= 4 is 11.6 Å². The molecule has 0 spiro atoms. The zero-order chi connectivity index (χ0) is 16.2. The summed E-state index contributed by atoms with van der Waals surface area (Å²) in [6.07, 6.45) is 3.77. The van der Waals surface area contributed by atoms with Gasteiger partial charge in [0.1, 0.15) is 18.0 Å². The Morgan fingerprint density at radius 3 is 2.78 bits per heavy atom. The van der Waals surface area contributed by atoms with Crippen LogP contribution < -0.4 is 5.32 Å². The molecule has 1 aromatic heterocycles. The highest BCUT2D eigenvalue weighted by Gasteiger charge is 2.21. The highest BCUT2D eigenvalue weighted by atomic mass is 35.5. The van der Waals surface area contributed by atoms with E-state index >= 15 is 0 Å². The molecule has 1 aliphatic rings. The number of piperidine rings is 1. The monoisotopic (exact) mass is 337 g/mol. The van der Waals surface area contributed by atoms with Crippen LogP contribution in [0.15, 0.2) is 24.5 Å². The van der Waals surface area contributed by atoms with Gasteiger partial charge in [-0.05, 0) is 38.1 Å². The molecule has 0 saturated carbocycles. The molecule has 1 aliphatic heterocycles. The summed E-state index contributed by atoms with van der Waals surface area (Å²) in [5.41, 5.74) is 0.597. The van der Waals surface area contributed by atoms with Crippen molar-refractivity contribution in [3.05, 3.63) is 46.8 Å². The topological polar surface area (TPSA) is 46.0 Å². The van der Waals surface area contributed by atoms with E-state index in [1.165, 1.54) is 6.07 Å². The van der Waals surface area contributed by atoms with Gasteiger partial charge in [-0.15, -0.1) is 10.2 Å². The van der Waals surface area contributed by atoms with Gasteiger partial charge in [0.15, 0.2) is 0 Å². The zero-order valence-electron chi connectivity index (χ0n) is 13.2. The van der Waals surface area contributed by atoms with Crippen LogP contribution >= 0.6 is 11.6 Å². The maximum absolute atomic E-state index is 13.9. The summed E-state index contributed by atoms with van der Waals surface area (Å²) >= 11 is 6.10. The molecule has 7 heteroatoms. The molecule has 5 nitrogen and oxygen atoms in total. The molecule has 1 saturated heterocycles. The molecule has 0 atom stereocenters. The van der Waals surface area contributed by atoms with E-state index in [1.807, 2.05) is 11.6 Å². The molecule has 1 aromatic carbocycles. The molecule has 3 rings (SSSR count). The van der Waals surface area contributed by atoms with E-state index in [1.54, 1.807) is 18.5 Å². The largest absolute Gasteiger partial charge is 0.320 e. The SMILES string of the molecule is Cn1cnnc1CNC1CCN(Cc2c(F)cccc2Cl)CC1. The third kappa shape index (κ3) is 4.07. The van der Waals surface area contributed by atoms with Gasteiger partial charge in [-0.3, -0.25) is 4.90 Å². The number of halogens is 2. The molecule has 1 fully saturated rings. The lowest BCUT2D eigenvalue weighted by molar-refractivity contribution is 0.187. The predicted molar refractivity (Wildman–Crippen MR) is 87.6 cm³/mol. The van der Waals surface area contributed by atoms with Crippen LogP contribution in [0.5, 0.6) is 0 Å². The second kappa shape index (κ2) is 7.38. The molecule has 0 amide bonds. The van der Waals surface area contributed by atoms with Gasteiger partial charge in [0, 0.05) is 30.2 Å². The Labute approximate surface area is 140 Å². The summed E-state index contributed by atoms with van der Waals surface area (Å²) in [6, 6.07) is 5.31. The van der Waals surface area contributed by atoms with Crippen LogP contribution in [0.2, 0.25) is 5.02 Å². The van der Waals surface area contributed by atoms with Crippen LogP contribution in [0.3, 0.4) is 0 Å². The summed E-state index contributed by atoms with van der Waals surface area (Å²) in [7, 11) is 1.94. The minimum Gasteiger partial charge on any atom is -0.320 e. The Hall–Kier alpha value is -1.50. The molecule has 0 bridgehead atoms. The van der Waals surface area contributed by atoms with Crippen molar-refractivity contribution in [2.45, 2.75) is 32.0 Å². The second-order valence-electron chi connectivity index (χ2n) is 5.99. The van der Waals surface area contributed by atoms with Crippen molar-refractivity contribution in [3.8, 4) is 0 Å². The van der Waals surface area contributed by atoms with E-state index in [-0.39, 0.29) is 5.82 Å². The van der Waals surface area contributed by atoms with Gasteiger partial charge in [0.2, 0.25) is 0 Å². The summed E-state index contributed by atoms with van der Waals surface area (Å²) in [4.78, 5) is 2.25. The summed E-state index contributed by atoms with van der Waals surface area (Å²) < 4.78 is 15.8. The Bertz CT molecular complexity index is 631. The molecule has 23 heavy (non-hydrogen) atoms. The highest BCUT2D eigenvalue weighted by molar-refractivity contribution is 6.31. The summed E-state index contributed by atoms with van der Waals surface area (Å²) in [6.45, 7) is 3.16. The van der Waals surface area contributed by atoms with Gasteiger partial charge in [-0.2, -0.15) is 0 Å². The number of likely N-dealkylation sites (tertiary alicyclic amines) is 1. The van der Waals surface area contributed by atoms with Crippen LogP contribution in [0.4, 0.5) is 4.39 Å². The Morgan fingerprint density at radius 2 is 2.13 bits per heavy atom. The Kier molecular flexibility index (Phi) is 5.25. The fraction of sp³-hybridized carbons (Fsp3) is 0.500. The summed E-state index contributed by atoms with van der Waals surface area (Å²) in [5, 5.41) is 12.0. The van der Waals surface area contributed by atoms with Gasteiger partial charge in [0.05, 0.1) is 6.54 Å². The van der Waals surface area contributed by atoms with Crippen molar-refractivity contribution in [2.24, 2.45) is 7.05 Å². The molecule has 1 N–H and O–H groups in total. The van der Waals surface area contributed by atoms with Crippen LogP contribution in [0.25, 0.3) is 0 Å². The van der Waals surface area contributed by atoms with E-state index in [4.69, 9.17) is 11.6 Å². The average molecular weight is 338 g/mol. The lowest BCUT2D eigenvalue weighted by Crippen LogP contribution is -2.42. The Morgan fingerprint density at radius 1 is 1.35 bits per heavy atom. The van der Waals surface area contributed by atoms with Crippen molar-refractivity contribution in [2.75, 3.05) is 13.1 Å². The van der Waals surface area contributed by atoms with E-state index in [9.17, 15) is 4.39 Å². The number of aromatic nitrogens is 3. The van der Waals surface area contributed by atoms with Gasteiger partial charge in [-0.1, -0.05) is 17.7 Å². The molecule has 0 radical (unpaired) electrons. The number of rotatable bonds is 5. The van der Waals surface area contributed by atoms with Gasteiger partial charge >= 0.3 is 0 Å². The quantitative estimate of drug-likeness (QED) is 0.910. The molecular formula is C16H21ClFN5. The third-order valence-corrected chi connectivity index (χ3v) is 4.74. The first-order valence-corrected chi connectivity index (χ1v) is 8.23. The number of nitrogens with one attached hydrogen (secondary N) is 1. The van der Waals surface area contributed by atoms with Gasteiger partial charge in [-0.25, -0.2) is 4.39 Å². The second-order valence-corrected chi connectivity index (χ2v) is 6.40. The van der Waals surface area contributed by atoms with Crippen LogP contribution in [-0.4, -0.2) is 38.8 Å². The minimum atomic E-state index is -0.222. The van der Waals surface area contributed by atoms with Crippen molar-refractivity contribution in [1.82, 2.24) is 25.0 Å². The van der Waals surface area contributed by atoms with Crippen molar-refractivity contribution < 1.29 is 4.39 Å². The van der Waals surface area contributed by atoms with E-state index < -0.39 is 0 Å². The normalized spacial score (nSPS) is 16.8. The van der Waals surface area contributed by atoms with E-state index in [0.717, 1.165) is 38.3 Å². The predicted octanol–water partition coefficient (Wildman–Crippen LogP) is 2.36. The number of aryl methyl sites for hydroxylation is 1. The van der Waals surface area contributed by atoms with Gasteiger partial charge < -0.3 is 9.88 Å². The van der Waals surface area contributed by atoms with Crippen molar-refractivity contribution in [1.29, 1.82) is 0 Å². The number of benzene rings is 1. The number of hydrogen-bond acceptors (Lipinski definition) is 4. The fourth-order valence-electron chi connectivity index (χ4n) is 2.90. The molecular weight excluding hydrogens is 317 g/mol. The molecule has 2 heterocycles.